The van der Waals surface area contributed by atoms with Crippen molar-refractivity contribution >= 4 is 6.08 Å². The maximum absolute atomic E-state index is 11.4. The van der Waals surface area contributed by atoms with E-state index in [0.29, 0.717) is 5.92 Å². The lowest BCUT2D eigenvalue weighted by Crippen LogP contribution is -2.35. The van der Waals surface area contributed by atoms with Crippen LogP contribution in [-0.2, 0) is 5.60 Å². The Morgan fingerprint density at radius 1 is 1.26 bits per heavy atom. The van der Waals surface area contributed by atoms with E-state index in [1.807, 2.05) is 37.4 Å². The van der Waals surface area contributed by atoms with Crippen molar-refractivity contribution in [2.45, 2.75) is 25.4 Å². The van der Waals surface area contributed by atoms with Crippen LogP contribution in [0.15, 0.2) is 48.7 Å². The number of methoxy groups -OCH3 is 1. The summed E-state index contributed by atoms with van der Waals surface area (Å²) in [6, 6.07) is 12.1. The van der Waals surface area contributed by atoms with Crippen molar-refractivity contribution in [3.05, 3.63) is 65.5 Å². The van der Waals surface area contributed by atoms with E-state index in [9.17, 15) is 5.11 Å². The summed E-state index contributed by atoms with van der Waals surface area (Å²) < 4.78 is 5.41. The van der Waals surface area contributed by atoms with Gasteiger partial charge in [0.1, 0.15) is 11.4 Å². The standard InChI is InChI=1S/C23H28N2O2/c1-17-9-10-22(24-14-17)23(26)12-11-19-15-25(16-20(19)23)13-5-7-18-6-3-4-8-21(18)27-2/h3-10,14,19-20,26H,11-13,15-16H2,1-2H3/b7-5+. The maximum Gasteiger partial charge on any atom is 0.126 e. The molecule has 2 aliphatic rings. The van der Waals surface area contributed by atoms with Crippen LogP contribution in [0.3, 0.4) is 0 Å². The number of nitrogens with zero attached hydrogens (tertiary/aromatic N) is 2. The molecule has 27 heavy (non-hydrogen) atoms. The van der Waals surface area contributed by atoms with E-state index in [1.54, 1.807) is 7.11 Å². The van der Waals surface area contributed by atoms with Gasteiger partial charge in [-0.05, 0) is 43.4 Å². The van der Waals surface area contributed by atoms with E-state index < -0.39 is 5.60 Å². The average Bonchev–Trinajstić information content (AvgIpc) is 3.23. The second-order valence-corrected chi connectivity index (χ2v) is 7.91. The van der Waals surface area contributed by atoms with Crippen LogP contribution in [0.4, 0.5) is 0 Å². The van der Waals surface area contributed by atoms with Crippen LogP contribution in [0.5, 0.6) is 5.75 Å². The number of ether oxygens (including phenoxy) is 1. The fourth-order valence-corrected chi connectivity index (χ4v) is 4.71. The highest BCUT2D eigenvalue weighted by Gasteiger charge is 2.52. The first-order valence-corrected chi connectivity index (χ1v) is 9.77. The molecule has 2 fully saturated rings. The number of fused-ring (bicyclic) bond motifs is 1. The molecular weight excluding hydrogens is 336 g/mol. The SMILES string of the molecule is COc1ccccc1/C=C/CN1CC2CCC(O)(c3ccc(C)cn3)C2C1. The van der Waals surface area contributed by atoms with Crippen molar-refractivity contribution in [1.82, 2.24) is 9.88 Å². The first-order valence-electron chi connectivity index (χ1n) is 9.77. The molecule has 3 atom stereocenters. The minimum Gasteiger partial charge on any atom is -0.496 e. The first kappa shape index (κ1) is 18.2. The number of hydrogen-bond acceptors (Lipinski definition) is 4. The van der Waals surface area contributed by atoms with Crippen LogP contribution in [0.25, 0.3) is 6.08 Å². The lowest BCUT2D eigenvalue weighted by atomic mass is 9.85. The summed E-state index contributed by atoms with van der Waals surface area (Å²) in [5.74, 6) is 1.72. The average molecular weight is 364 g/mol. The Morgan fingerprint density at radius 2 is 2.11 bits per heavy atom. The molecule has 0 amide bonds. The molecule has 3 unspecified atom stereocenters. The van der Waals surface area contributed by atoms with E-state index >= 15 is 0 Å². The Labute approximate surface area is 161 Å². The second-order valence-electron chi connectivity index (χ2n) is 7.91. The predicted molar refractivity (Wildman–Crippen MR) is 108 cm³/mol. The number of pyridine rings is 1. The molecule has 2 heterocycles. The number of hydrogen-bond donors (Lipinski definition) is 1. The third-order valence-corrected chi connectivity index (χ3v) is 6.18. The summed E-state index contributed by atoms with van der Waals surface area (Å²) in [5, 5.41) is 11.4. The normalized spacial score (nSPS) is 28.0. The zero-order chi connectivity index (χ0) is 18.9. The van der Waals surface area contributed by atoms with Crippen LogP contribution >= 0.6 is 0 Å². The zero-order valence-corrected chi connectivity index (χ0v) is 16.1. The highest BCUT2D eigenvalue weighted by atomic mass is 16.5. The molecule has 142 valence electrons. The molecule has 1 aliphatic heterocycles. The van der Waals surface area contributed by atoms with E-state index in [1.165, 1.54) is 0 Å². The largest absolute Gasteiger partial charge is 0.496 e. The quantitative estimate of drug-likeness (QED) is 0.880. The lowest BCUT2D eigenvalue weighted by molar-refractivity contribution is -0.0101. The third-order valence-electron chi connectivity index (χ3n) is 6.18. The summed E-state index contributed by atoms with van der Waals surface area (Å²) in [4.78, 5) is 6.99. The molecule has 0 bridgehead atoms. The summed E-state index contributed by atoms with van der Waals surface area (Å²) in [7, 11) is 1.70. The molecule has 4 heteroatoms. The molecule has 0 spiro atoms. The molecule has 1 aromatic carbocycles. The van der Waals surface area contributed by atoms with Crippen molar-refractivity contribution in [3.63, 3.8) is 0 Å². The van der Waals surface area contributed by atoms with Gasteiger partial charge in [0.25, 0.3) is 0 Å². The Hall–Kier alpha value is -2.17. The predicted octanol–water partition coefficient (Wildman–Crippen LogP) is 3.64. The molecule has 1 saturated heterocycles. The summed E-state index contributed by atoms with van der Waals surface area (Å²) in [6.45, 7) is 4.90. The van der Waals surface area contributed by atoms with E-state index in [-0.39, 0.29) is 5.92 Å². The summed E-state index contributed by atoms with van der Waals surface area (Å²) in [5.41, 5.74) is 2.29. The highest BCUT2D eigenvalue weighted by molar-refractivity contribution is 5.57. The van der Waals surface area contributed by atoms with Crippen LogP contribution in [0.2, 0.25) is 0 Å². The molecule has 1 aliphatic carbocycles. The molecule has 4 rings (SSSR count). The molecule has 1 saturated carbocycles. The maximum atomic E-state index is 11.4. The number of para-hydroxylation sites is 1. The van der Waals surface area contributed by atoms with Gasteiger partial charge in [0, 0.05) is 37.3 Å². The van der Waals surface area contributed by atoms with E-state index in [2.05, 4.69) is 34.2 Å². The molecule has 4 nitrogen and oxygen atoms in total. The van der Waals surface area contributed by atoms with Crippen LogP contribution in [0.1, 0.15) is 29.7 Å². The topological polar surface area (TPSA) is 45.6 Å². The van der Waals surface area contributed by atoms with Gasteiger partial charge in [-0.15, -0.1) is 0 Å². The Kier molecular flexibility index (Phi) is 5.02. The van der Waals surface area contributed by atoms with Crippen LogP contribution in [-0.4, -0.2) is 41.7 Å². The van der Waals surface area contributed by atoms with Gasteiger partial charge >= 0.3 is 0 Å². The van der Waals surface area contributed by atoms with Gasteiger partial charge in [0.15, 0.2) is 0 Å². The van der Waals surface area contributed by atoms with Gasteiger partial charge in [-0.25, -0.2) is 0 Å². The molecule has 2 aromatic rings. The molecular formula is C23H28N2O2. The zero-order valence-electron chi connectivity index (χ0n) is 16.1. The van der Waals surface area contributed by atoms with Gasteiger partial charge < -0.3 is 9.84 Å². The second kappa shape index (κ2) is 7.45. The number of aryl methyl sites for hydroxylation is 1. The fraction of sp³-hybridized carbons (Fsp3) is 0.435. The minimum atomic E-state index is -0.778. The Bertz CT molecular complexity index is 817. The van der Waals surface area contributed by atoms with Crippen molar-refractivity contribution < 1.29 is 9.84 Å². The van der Waals surface area contributed by atoms with Gasteiger partial charge in [-0.3, -0.25) is 9.88 Å². The van der Waals surface area contributed by atoms with E-state index in [4.69, 9.17) is 4.74 Å². The smallest absolute Gasteiger partial charge is 0.126 e. The first-order chi connectivity index (χ1) is 13.1. The van der Waals surface area contributed by atoms with Gasteiger partial charge in [0.2, 0.25) is 0 Å². The third kappa shape index (κ3) is 3.52. The number of aliphatic hydroxyl groups is 1. The van der Waals surface area contributed by atoms with Crippen LogP contribution in [0, 0.1) is 18.8 Å². The number of likely N-dealkylation sites (tertiary alicyclic amines) is 1. The number of benzene rings is 1. The Balaban J connectivity index is 1.42. The monoisotopic (exact) mass is 364 g/mol. The van der Waals surface area contributed by atoms with Crippen molar-refractivity contribution in [2.75, 3.05) is 26.7 Å². The van der Waals surface area contributed by atoms with Crippen molar-refractivity contribution in [3.8, 4) is 5.75 Å². The van der Waals surface area contributed by atoms with E-state index in [0.717, 1.165) is 55.0 Å². The van der Waals surface area contributed by atoms with Gasteiger partial charge in [-0.1, -0.05) is 36.4 Å². The number of aromatic nitrogens is 1. The molecule has 0 radical (unpaired) electrons. The molecule has 1 aromatic heterocycles. The van der Waals surface area contributed by atoms with Gasteiger partial charge in [-0.2, -0.15) is 0 Å². The lowest BCUT2D eigenvalue weighted by Gasteiger charge is -2.29. The van der Waals surface area contributed by atoms with Crippen molar-refractivity contribution in [1.29, 1.82) is 0 Å². The minimum absolute atomic E-state index is 0.271. The Morgan fingerprint density at radius 3 is 2.89 bits per heavy atom. The molecule has 1 N–H and O–H groups in total. The van der Waals surface area contributed by atoms with Gasteiger partial charge in [0.05, 0.1) is 12.8 Å². The summed E-state index contributed by atoms with van der Waals surface area (Å²) >= 11 is 0. The number of rotatable bonds is 5. The highest BCUT2D eigenvalue weighted by Crippen LogP contribution is 2.49. The summed E-state index contributed by atoms with van der Waals surface area (Å²) in [6.07, 6.45) is 8.08. The fourth-order valence-electron chi connectivity index (χ4n) is 4.71. The van der Waals surface area contributed by atoms with Crippen LogP contribution < -0.4 is 4.74 Å². The van der Waals surface area contributed by atoms with Crippen molar-refractivity contribution in [2.24, 2.45) is 11.8 Å².